The van der Waals surface area contributed by atoms with Crippen LogP contribution in [0.25, 0.3) is 0 Å². The monoisotopic (exact) mass is 307 g/mol. The summed E-state index contributed by atoms with van der Waals surface area (Å²) in [5.41, 5.74) is 0.448. The molecule has 0 saturated carbocycles. The maximum atomic E-state index is 10.6. The fourth-order valence-corrected chi connectivity index (χ4v) is 2.09. The number of aliphatic hydroxyl groups excluding tert-OH is 1. The molecular weight excluding hydrogens is 286 g/mol. The molecule has 0 fully saturated rings. The standard InChI is InChI=1S/C16H21NO5/c1-4-6-9-21-16-13(11(7-5-2)22-17-16)14(18)15-12(19-3)8-10-20-15/h5,8,10,14,18H,2,4,6-7,9H2,1,3H3/t14-/m1/s1. The van der Waals surface area contributed by atoms with Crippen molar-refractivity contribution < 1.29 is 23.5 Å². The van der Waals surface area contributed by atoms with Gasteiger partial charge >= 0.3 is 0 Å². The van der Waals surface area contributed by atoms with E-state index < -0.39 is 6.10 Å². The van der Waals surface area contributed by atoms with E-state index in [0.717, 1.165) is 12.8 Å². The highest BCUT2D eigenvalue weighted by atomic mass is 16.5. The zero-order chi connectivity index (χ0) is 15.9. The average molecular weight is 307 g/mol. The maximum absolute atomic E-state index is 10.6. The highest BCUT2D eigenvalue weighted by Gasteiger charge is 2.29. The van der Waals surface area contributed by atoms with Gasteiger partial charge in [0.05, 0.1) is 25.5 Å². The van der Waals surface area contributed by atoms with Crippen LogP contribution < -0.4 is 9.47 Å². The molecule has 1 atom stereocenters. The normalized spacial score (nSPS) is 12.1. The average Bonchev–Trinajstić information content (AvgIpc) is 3.14. The first-order valence-corrected chi connectivity index (χ1v) is 7.24. The van der Waals surface area contributed by atoms with Gasteiger partial charge in [-0.05, 0) is 11.6 Å². The summed E-state index contributed by atoms with van der Waals surface area (Å²) in [5, 5.41) is 14.5. The molecule has 0 aromatic carbocycles. The molecule has 0 aliphatic rings. The second-order valence-corrected chi connectivity index (χ2v) is 4.78. The topological polar surface area (TPSA) is 77.9 Å². The number of aromatic nitrogens is 1. The Morgan fingerprint density at radius 2 is 2.32 bits per heavy atom. The lowest BCUT2D eigenvalue weighted by atomic mass is 10.1. The fourth-order valence-electron chi connectivity index (χ4n) is 2.09. The molecule has 1 N–H and O–H groups in total. The van der Waals surface area contributed by atoms with E-state index in [1.54, 1.807) is 12.1 Å². The third kappa shape index (κ3) is 3.33. The lowest BCUT2D eigenvalue weighted by molar-refractivity contribution is 0.175. The van der Waals surface area contributed by atoms with Crippen LogP contribution in [-0.4, -0.2) is 24.0 Å². The Morgan fingerprint density at radius 1 is 1.50 bits per heavy atom. The minimum Gasteiger partial charge on any atom is -0.493 e. The Bertz CT molecular complexity index is 601. The molecule has 2 rings (SSSR count). The summed E-state index contributed by atoms with van der Waals surface area (Å²) in [6, 6.07) is 1.64. The van der Waals surface area contributed by atoms with E-state index >= 15 is 0 Å². The van der Waals surface area contributed by atoms with Crippen molar-refractivity contribution in [1.29, 1.82) is 0 Å². The first kappa shape index (κ1) is 16.2. The van der Waals surface area contributed by atoms with Gasteiger partial charge in [0, 0.05) is 12.5 Å². The molecule has 6 heteroatoms. The molecule has 0 bridgehead atoms. The number of methoxy groups -OCH3 is 1. The molecule has 6 nitrogen and oxygen atoms in total. The van der Waals surface area contributed by atoms with Crippen molar-refractivity contribution in [3.05, 3.63) is 42.1 Å². The summed E-state index contributed by atoms with van der Waals surface area (Å²) in [6.45, 7) is 6.25. The predicted molar refractivity (Wildman–Crippen MR) is 80.1 cm³/mol. The van der Waals surface area contributed by atoms with Crippen LogP contribution in [-0.2, 0) is 6.42 Å². The van der Waals surface area contributed by atoms with Crippen LogP contribution in [0.3, 0.4) is 0 Å². The van der Waals surface area contributed by atoms with Crippen LogP contribution in [0.4, 0.5) is 0 Å². The van der Waals surface area contributed by atoms with E-state index in [1.807, 2.05) is 0 Å². The number of hydrogen-bond acceptors (Lipinski definition) is 6. The third-order valence-electron chi connectivity index (χ3n) is 3.23. The maximum Gasteiger partial charge on any atom is 0.260 e. The van der Waals surface area contributed by atoms with Crippen molar-refractivity contribution in [1.82, 2.24) is 5.16 Å². The van der Waals surface area contributed by atoms with Crippen LogP contribution in [0.2, 0.25) is 0 Å². The van der Waals surface area contributed by atoms with Crippen LogP contribution in [0, 0.1) is 0 Å². The summed E-state index contributed by atoms with van der Waals surface area (Å²) in [4.78, 5) is 0. The Hall–Kier alpha value is -2.21. The number of rotatable bonds is 9. The van der Waals surface area contributed by atoms with Crippen LogP contribution in [0.5, 0.6) is 11.6 Å². The van der Waals surface area contributed by atoms with Gasteiger partial charge in [-0.3, -0.25) is 0 Å². The van der Waals surface area contributed by atoms with Gasteiger partial charge in [-0.15, -0.1) is 6.58 Å². The molecule has 0 radical (unpaired) electrons. The van der Waals surface area contributed by atoms with Gasteiger partial charge in [0.2, 0.25) is 0 Å². The van der Waals surface area contributed by atoms with E-state index in [1.165, 1.54) is 13.4 Å². The molecule has 0 saturated heterocycles. The van der Waals surface area contributed by atoms with Gasteiger partial charge in [-0.1, -0.05) is 19.4 Å². The van der Waals surface area contributed by atoms with Gasteiger partial charge in [-0.2, -0.15) is 0 Å². The fraction of sp³-hybridized carbons (Fsp3) is 0.438. The van der Waals surface area contributed by atoms with Gasteiger partial charge in [0.15, 0.2) is 17.3 Å². The van der Waals surface area contributed by atoms with Crippen molar-refractivity contribution in [2.75, 3.05) is 13.7 Å². The summed E-state index contributed by atoms with van der Waals surface area (Å²) < 4.78 is 21.4. The molecule has 2 aromatic rings. The second-order valence-electron chi connectivity index (χ2n) is 4.78. The van der Waals surface area contributed by atoms with Crippen molar-refractivity contribution in [3.63, 3.8) is 0 Å². The van der Waals surface area contributed by atoms with E-state index in [9.17, 15) is 5.11 Å². The minimum atomic E-state index is -1.08. The van der Waals surface area contributed by atoms with E-state index in [-0.39, 0.29) is 11.6 Å². The molecular formula is C16H21NO5. The van der Waals surface area contributed by atoms with Crippen molar-refractivity contribution in [3.8, 4) is 11.6 Å². The van der Waals surface area contributed by atoms with Crippen LogP contribution >= 0.6 is 0 Å². The molecule has 0 spiro atoms. The zero-order valence-electron chi connectivity index (χ0n) is 12.9. The number of allylic oxidation sites excluding steroid dienone is 1. The number of unbranched alkanes of at least 4 members (excludes halogenated alkanes) is 1. The molecule has 22 heavy (non-hydrogen) atoms. The van der Waals surface area contributed by atoms with E-state index in [0.29, 0.717) is 30.1 Å². The van der Waals surface area contributed by atoms with Gasteiger partial charge in [-0.25, -0.2) is 0 Å². The Labute approximate surface area is 129 Å². The first-order valence-electron chi connectivity index (χ1n) is 7.24. The molecule has 0 aliphatic heterocycles. The summed E-state index contributed by atoms with van der Waals surface area (Å²) >= 11 is 0. The Balaban J connectivity index is 2.33. The Morgan fingerprint density at radius 3 is 3.00 bits per heavy atom. The number of ether oxygens (including phenoxy) is 2. The SMILES string of the molecule is C=CCc1onc(OCCCC)c1[C@@H](O)c1occc1OC. The second kappa shape index (κ2) is 7.70. The zero-order valence-corrected chi connectivity index (χ0v) is 12.9. The number of aliphatic hydroxyl groups is 1. The molecule has 0 aliphatic carbocycles. The van der Waals surface area contributed by atoms with Crippen LogP contribution in [0.1, 0.15) is 43.0 Å². The highest BCUT2D eigenvalue weighted by molar-refractivity contribution is 5.40. The van der Waals surface area contributed by atoms with E-state index in [4.69, 9.17) is 18.4 Å². The first-order chi connectivity index (χ1) is 10.7. The Kier molecular flexibility index (Phi) is 5.66. The predicted octanol–water partition coefficient (Wildman–Crippen LogP) is 3.27. The largest absolute Gasteiger partial charge is 0.493 e. The van der Waals surface area contributed by atoms with Crippen molar-refractivity contribution in [2.24, 2.45) is 0 Å². The third-order valence-corrected chi connectivity index (χ3v) is 3.23. The summed E-state index contributed by atoms with van der Waals surface area (Å²) in [6.07, 6.45) is 4.37. The molecule has 2 heterocycles. The van der Waals surface area contributed by atoms with E-state index in [2.05, 4.69) is 18.7 Å². The molecule has 0 unspecified atom stereocenters. The quantitative estimate of drug-likeness (QED) is 0.566. The van der Waals surface area contributed by atoms with Gasteiger partial charge < -0.3 is 23.5 Å². The summed E-state index contributed by atoms with van der Waals surface area (Å²) in [7, 11) is 1.51. The lowest BCUT2D eigenvalue weighted by Gasteiger charge is -2.11. The van der Waals surface area contributed by atoms with Crippen molar-refractivity contribution >= 4 is 0 Å². The van der Waals surface area contributed by atoms with Crippen molar-refractivity contribution in [2.45, 2.75) is 32.3 Å². The molecule has 120 valence electrons. The highest BCUT2D eigenvalue weighted by Crippen LogP contribution is 2.37. The number of nitrogens with zero attached hydrogens (tertiary/aromatic N) is 1. The smallest absolute Gasteiger partial charge is 0.260 e. The number of hydrogen-bond donors (Lipinski definition) is 1. The summed E-state index contributed by atoms with van der Waals surface area (Å²) in [5.74, 6) is 1.51. The molecule has 0 amide bonds. The van der Waals surface area contributed by atoms with Crippen LogP contribution in [0.15, 0.2) is 33.9 Å². The lowest BCUT2D eigenvalue weighted by Crippen LogP contribution is -2.06. The van der Waals surface area contributed by atoms with Gasteiger partial charge in [0.25, 0.3) is 5.88 Å². The minimum absolute atomic E-state index is 0.274. The van der Waals surface area contributed by atoms with Gasteiger partial charge in [0.1, 0.15) is 6.10 Å². The number of furan rings is 1. The molecule has 2 aromatic heterocycles.